The maximum atomic E-state index is 8.76. The SMILES string of the molecule is CC(C)(C)c1ccc2[nH]cc(CC#N)c2c1. The zero-order valence-corrected chi connectivity index (χ0v) is 9.96. The largest absolute Gasteiger partial charge is 0.361 e. The Kier molecular flexibility index (Phi) is 2.47. The van der Waals surface area contributed by atoms with Crippen molar-refractivity contribution >= 4 is 10.9 Å². The number of nitrogens with one attached hydrogen (secondary N) is 1. The molecule has 1 heterocycles. The number of fused-ring (bicyclic) bond motifs is 1. The topological polar surface area (TPSA) is 39.6 Å². The van der Waals surface area contributed by atoms with Crippen molar-refractivity contribution in [2.24, 2.45) is 0 Å². The van der Waals surface area contributed by atoms with Crippen LogP contribution >= 0.6 is 0 Å². The highest BCUT2D eigenvalue weighted by Crippen LogP contribution is 2.27. The summed E-state index contributed by atoms with van der Waals surface area (Å²) in [6, 6.07) is 8.64. The second kappa shape index (κ2) is 3.68. The summed E-state index contributed by atoms with van der Waals surface area (Å²) in [6.45, 7) is 6.60. The number of aromatic nitrogens is 1. The molecule has 1 aromatic heterocycles. The Balaban J connectivity index is 2.60. The first-order valence-electron chi connectivity index (χ1n) is 5.50. The van der Waals surface area contributed by atoms with E-state index in [-0.39, 0.29) is 5.41 Å². The summed E-state index contributed by atoms with van der Waals surface area (Å²) in [4.78, 5) is 3.20. The van der Waals surface area contributed by atoms with Crippen LogP contribution in [0, 0.1) is 11.3 Å². The first kappa shape index (κ1) is 10.8. The Morgan fingerprint density at radius 3 is 2.69 bits per heavy atom. The van der Waals surface area contributed by atoms with E-state index in [4.69, 9.17) is 5.26 Å². The van der Waals surface area contributed by atoms with Crippen molar-refractivity contribution < 1.29 is 0 Å². The Morgan fingerprint density at radius 1 is 1.31 bits per heavy atom. The summed E-state index contributed by atoms with van der Waals surface area (Å²) in [5, 5.41) is 9.94. The molecule has 0 spiro atoms. The summed E-state index contributed by atoms with van der Waals surface area (Å²) < 4.78 is 0. The summed E-state index contributed by atoms with van der Waals surface area (Å²) in [5.74, 6) is 0. The highest BCUT2D eigenvalue weighted by atomic mass is 14.7. The van der Waals surface area contributed by atoms with E-state index in [2.05, 4.69) is 50.0 Å². The summed E-state index contributed by atoms with van der Waals surface area (Å²) in [6.07, 6.45) is 2.40. The van der Waals surface area contributed by atoms with Crippen LogP contribution in [0.2, 0.25) is 0 Å². The van der Waals surface area contributed by atoms with Crippen LogP contribution in [-0.2, 0) is 11.8 Å². The molecular weight excluding hydrogens is 196 g/mol. The third-order valence-electron chi connectivity index (χ3n) is 2.90. The lowest BCUT2D eigenvalue weighted by atomic mass is 9.86. The van der Waals surface area contributed by atoms with Gasteiger partial charge in [0, 0.05) is 17.1 Å². The van der Waals surface area contributed by atoms with Crippen LogP contribution in [0.15, 0.2) is 24.4 Å². The molecule has 0 radical (unpaired) electrons. The van der Waals surface area contributed by atoms with E-state index in [1.54, 1.807) is 0 Å². The first-order valence-corrected chi connectivity index (χ1v) is 5.50. The van der Waals surface area contributed by atoms with Gasteiger partial charge in [0.1, 0.15) is 0 Å². The van der Waals surface area contributed by atoms with E-state index in [0.29, 0.717) is 6.42 Å². The van der Waals surface area contributed by atoms with Gasteiger partial charge in [-0.3, -0.25) is 0 Å². The van der Waals surface area contributed by atoms with Crippen molar-refractivity contribution in [2.45, 2.75) is 32.6 Å². The van der Waals surface area contributed by atoms with E-state index in [1.165, 1.54) is 10.9 Å². The fourth-order valence-corrected chi connectivity index (χ4v) is 1.88. The number of nitrogens with zero attached hydrogens (tertiary/aromatic N) is 1. The predicted molar refractivity (Wildman–Crippen MR) is 66.3 cm³/mol. The zero-order valence-electron chi connectivity index (χ0n) is 9.96. The molecule has 0 amide bonds. The van der Waals surface area contributed by atoms with E-state index in [9.17, 15) is 0 Å². The predicted octanol–water partition coefficient (Wildman–Crippen LogP) is 3.53. The van der Waals surface area contributed by atoms with Crippen LogP contribution in [0.1, 0.15) is 31.9 Å². The molecule has 1 aromatic carbocycles. The molecule has 2 nitrogen and oxygen atoms in total. The van der Waals surface area contributed by atoms with Gasteiger partial charge < -0.3 is 4.98 Å². The van der Waals surface area contributed by atoms with Crippen molar-refractivity contribution in [3.63, 3.8) is 0 Å². The van der Waals surface area contributed by atoms with Gasteiger partial charge in [-0.15, -0.1) is 0 Å². The standard InChI is InChI=1S/C14H16N2/c1-14(2,3)11-4-5-13-12(8-11)10(6-7-15)9-16-13/h4-5,8-9,16H,6H2,1-3H3. The molecule has 0 fully saturated rings. The van der Waals surface area contributed by atoms with Crippen molar-refractivity contribution in [1.29, 1.82) is 5.26 Å². The number of hydrogen-bond acceptors (Lipinski definition) is 1. The quantitative estimate of drug-likeness (QED) is 0.771. The lowest BCUT2D eigenvalue weighted by Gasteiger charge is -2.19. The van der Waals surface area contributed by atoms with E-state index in [1.807, 2.05) is 6.20 Å². The smallest absolute Gasteiger partial charge is 0.0670 e. The van der Waals surface area contributed by atoms with Gasteiger partial charge in [0.25, 0.3) is 0 Å². The van der Waals surface area contributed by atoms with Crippen molar-refractivity contribution in [1.82, 2.24) is 4.98 Å². The molecule has 0 saturated heterocycles. The average molecular weight is 212 g/mol. The molecule has 2 heteroatoms. The Hall–Kier alpha value is -1.75. The fourth-order valence-electron chi connectivity index (χ4n) is 1.88. The van der Waals surface area contributed by atoms with Gasteiger partial charge >= 0.3 is 0 Å². The van der Waals surface area contributed by atoms with Crippen molar-refractivity contribution in [2.75, 3.05) is 0 Å². The van der Waals surface area contributed by atoms with Gasteiger partial charge in [-0.2, -0.15) is 5.26 Å². The molecule has 2 aromatic rings. The minimum atomic E-state index is 0.148. The van der Waals surface area contributed by atoms with Crippen LogP contribution < -0.4 is 0 Å². The third-order valence-corrected chi connectivity index (χ3v) is 2.90. The van der Waals surface area contributed by atoms with Gasteiger partial charge in [0.05, 0.1) is 12.5 Å². The van der Waals surface area contributed by atoms with E-state index >= 15 is 0 Å². The summed E-state index contributed by atoms with van der Waals surface area (Å²) >= 11 is 0. The summed E-state index contributed by atoms with van der Waals surface area (Å²) in [5.41, 5.74) is 3.65. The molecular formula is C14H16N2. The second-order valence-corrected chi connectivity index (χ2v) is 5.16. The molecule has 0 bridgehead atoms. The monoisotopic (exact) mass is 212 g/mol. The first-order chi connectivity index (χ1) is 7.52. The number of H-pyrrole nitrogens is 1. The van der Waals surface area contributed by atoms with Gasteiger partial charge in [-0.05, 0) is 28.7 Å². The van der Waals surface area contributed by atoms with Crippen LogP contribution in [-0.4, -0.2) is 4.98 Å². The molecule has 82 valence electrons. The lowest BCUT2D eigenvalue weighted by Crippen LogP contribution is -2.10. The Labute approximate surface area is 95.9 Å². The van der Waals surface area contributed by atoms with E-state index in [0.717, 1.165) is 11.1 Å². The molecule has 0 aliphatic carbocycles. The highest BCUT2D eigenvalue weighted by Gasteiger charge is 2.14. The van der Waals surface area contributed by atoms with Gasteiger partial charge in [-0.1, -0.05) is 26.8 Å². The van der Waals surface area contributed by atoms with Gasteiger partial charge in [0.2, 0.25) is 0 Å². The highest BCUT2D eigenvalue weighted by molar-refractivity contribution is 5.84. The minimum Gasteiger partial charge on any atom is -0.361 e. The van der Waals surface area contributed by atoms with E-state index < -0.39 is 0 Å². The molecule has 1 N–H and O–H groups in total. The van der Waals surface area contributed by atoms with Gasteiger partial charge in [0.15, 0.2) is 0 Å². The molecule has 0 aliphatic heterocycles. The average Bonchev–Trinajstić information content (AvgIpc) is 2.60. The van der Waals surface area contributed by atoms with Crippen molar-refractivity contribution in [3.05, 3.63) is 35.5 Å². The molecule has 0 aliphatic rings. The number of benzene rings is 1. The van der Waals surface area contributed by atoms with Crippen LogP contribution in [0.3, 0.4) is 0 Å². The normalized spacial score (nSPS) is 11.6. The van der Waals surface area contributed by atoms with Crippen molar-refractivity contribution in [3.8, 4) is 6.07 Å². The summed E-state index contributed by atoms with van der Waals surface area (Å²) in [7, 11) is 0. The fraction of sp³-hybridized carbons (Fsp3) is 0.357. The van der Waals surface area contributed by atoms with Gasteiger partial charge in [-0.25, -0.2) is 0 Å². The Morgan fingerprint density at radius 2 is 2.06 bits per heavy atom. The number of aromatic amines is 1. The molecule has 2 rings (SSSR count). The number of nitriles is 1. The third kappa shape index (κ3) is 1.81. The Bertz CT molecular complexity index is 550. The molecule has 16 heavy (non-hydrogen) atoms. The number of hydrogen-bond donors (Lipinski definition) is 1. The minimum absolute atomic E-state index is 0.148. The maximum absolute atomic E-state index is 8.76. The molecule has 0 saturated carbocycles. The lowest BCUT2D eigenvalue weighted by molar-refractivity contribution is 0.591. The van der Waals surface area contributed by atoms with Crippen LogP contribution in [0.25, 0.3) is 10.9 Å². The van der Waals surface area contributed by atoms with Crippen LogP contribution in [0.5, 0.6) is 0 Å². The maximum Gasteiger partial charge on any atom is 0.0670 e. The molecule has 0 atom stereocenters. The van der Waals surface area contributed by atoms with Crippen LogP contribution in [0.4, 0.5) is 0 Å². The number of rotatable bonds is 1. The second-order valence-electron chi connectivity index (χ2n) is 5.16. The molecule has 0 unspecified atom stereocenters. The zero-order chi connectivity index (χ0) is 11.8.